The van der Waals surface area contributed by atoms with E-state index < -0.39 is 5.79 Å². The molecule has 2 aliphatic heterocycles. The third kappa shape index (κ3) is 3.22. The first-order valence-corrected chi connectivity index (χ1v) is 8.47. The first-order valence-electron chi connectivity index (χ1n) is 7.59. The topological polar surface area (TPSA) is 50.8 Å². The van der Waals surface area contributed by atoms with E-state index in [9.17, 15) is 4.79 Å². The van der Waals surface area contributed by atoms with Crippen LogP contribution >= 0.6 is 11.3 Å². The number of likely N-dealkylation sites (tertiary alicyclic amines) is 1. The number of urea groups is 1. The zero-order valence-corrected chi connectivity index (χ0v) is 13.2. The molecule has 21 heavy (non-hydrogen) atoms. The van der Waals surface area contributed by atoms with Crippen LogP contribution in [0.2, 0.25) is 0 Å². The SMILES string of the molecule is CC[C@H](NC(=O)N1CCCC2(C1)OCCO2)c1cccs1. The van der Waals surface area contributed by atoms with Gasteiger partial charge >= 0.3 is 6.03 Å². The van der Waals surface area contributed by atoms with Crippen LogP contribution in [0.15, 0.2) is 17.5 Å². The summed E-state index contributed by atoms with van der Waals surface area (Å²) >= 11 is 1.68. The van der Waals surface area contributed by atoms with Crippen molar-refractivity contribution in [3.05, 3.63) is 22.4 Å². The first-order chi connectivity index (χ1) is 10.2. The number of hydrogen-bond acceptors (Lipinski definition) is 4. The highest BCUT2D eigenvalue weighted by Gasteiger charge is 2.42. The van der Waals surface area contributed by atoms with Crippen LogP contribution in [-0.2, 0) is 9.47 Å². The molecule has 0 aliphatic carbocycles. The summed E-state index contributed by atoms with van der Waals surface area (Å²) in [6.07, 6.45) is 2.68. The van der Waals surface area contributed by atoms with Crippen LogP contribution in [0, 0.1) is 0 Å². The maximum atomic E-state index is 12.5. The molecule has 0 bridgehead atoms. The lowest BCUT2D eigenvalue weighted by molar-refractivity contribution is -0.182. The first kappa shape index (κ1) is 14.8. The van der Waals surface area contributed by atoms with Gasteiger partial charge in [0.25, 0.3) is 0 Å². The van der Waals surface area contributed by atoms with Crippen LogP contribution < -0.4 is 5.32 Å². The fourth-order valence-electron chi connectivity index (χ4n) is 3.00. The molecule has 1 aromatic rings. The van der Waals surface area contributed by atoms with E-state index in [2.05, 4.69) is 18.3 Å². The highest BCUT2D eigenvalue weighted by molar-refractivity contribution is 7.10. The summed E-state index contributed by atoms with van der Waals surface area (Å²) < 4.78 is 11.4. The Bertz CT molecular complexity index is 471. The van der Waals surface area contributed by atoms with Crippen LogP contribution in [0.1, 0.15) is 37.1 Å². The summed E-state index contributed by atoms with van der Waals surface area (Å²) in [6.45, 7) is 4.64. The molecule has 1 N–H and O–H groups in total. The summed E-state index contributed by atoms with van der Waals surface area (Å²) in [7, 11) is 0. The standard InChI is InChI=1S/C15H22N2O3S/c1-2-12(13-5-3-10-21-13)16-14(18)17-7-4-6-15(11-17)19-8-9-20-15/h3,5,10,12H,2,4,6-9,11H2,1H3,(H,16,18)/t12-/m0/s1. The summed E-state index contributed by atoms with van der Waals surface area (Å²) in [5.41, 5.74) is 0. The van der Waals surface area contributed by atoms with E-state index in [1.54, 1.807) is 11.3 Å². The zero-order chi connectivity index (χ0) is 14.7. The van der Waals surface area contributed by atoms with Gasteiger partial charge in [-0.15, -0.1) is 11.3 Å². The van der Waals surface area contributed by atoms with Gasteiger partial charge < -0.3 is 19.7 Å². The lowest BCUT2D eigenvalue weighted by Gasteiger charge is -2.39. The molecule has 2 aliphatic rings. The number of amides is 2. The van der Waals surface area contributed by atoms with Crippen LogP contribution in [0.25, 0.3) is 0 Å². The number of nitrogens with one attached hydrogen (secondary N) is 1. The van der Waals surface area contributed by atoms with E-state index in [1.165, 1.54) is 4.88 Å². The Balaban J connectivity index is 1.62. The van der Waals surface area contributed by atoms with Crippen molar-refractivity contribution < 1.29 is 14.3 Å². The second kappa shape index (κ2) is 6.34. The molecule has 116 valence electrons. The molecule has 1 aromatic heterocycles. The highest BCUT2D eigenvalue weighted by Crippen LogP contribution is 2.30. The van der Waals surface area contributed by atoms with Crippen LogP contribution in [0.3, 0.4) is 0 Å². The molecule has 0 saturated carbocycles. The van der Waals surface area contributed by atoms with E-state index in [0.29, 0.717) is 19.8 Å². The number of nitrogens with zero attached hydrogens (tertiary/aromatic N) is 1. The number of carbonyl (C=O) groups excluding carboxylic acids is 1. The number of thiophene rings is 1. The minimum absolute atomic E-state index is 0.0200. The van der Waals surface area contributed by atoms with Gasteiger partial charge in [0.2, 0.25) is 0 Å². The van der Waals surface area contributed by atoms with Crippen molar-refractivity contribution in [3.8, 4) is 0 Å². The van der Waals surface area contributed by atoms with Crippen molar-refractivity contribution in [2.75, 3.05) is 26.3 Å². The summed E-state index contributed by atoms with van der Waals surface area (Å²) in [5.74, 6) is -0.555. The third-order valence-corrected chi connectivity index (χ3v) is 5.10. The van der Waals surface area contributed by atoms with Gasteiger partial charge in [-0.25, -0.2) is 4.79 Å². The lowest BCUT2D eigenvalue weighted by atomic mass is 10.0. The second-order valence-electron chi connectivity index (χ2n) is 5.56. The number of carbonyl (C=O) groups is 1. The van der Waals surface area contributed by atoms with E-state index in [-0.39, 0.29) is 12.1 Å². The van der Waals surface area contributed by atoms with Crippen LogP contribution in [-0.4, -0.2) is 43.0 Å². The number of ether oxygens (including phenoxy) is 2. The van der Waals surface area contributed by atoms with Crippen LogP contribution in [0.4, 0.5) is 4.79 Å². The zero-order valence-electron chi connectivity index (χ0n) is 12.3. The van der Waals surface area contributed by atoms with Gasteiger partial charge in [-0.05, 0) is 24.3 Å². The molecule has 2 fully saturated rings. The Morgan fingerprint density at radius 1 is 1.52 bits per heavy atom. The molecule has 6 heteroatoms. The highest BCUT2D eigenvalue weighted by atomic mass is 32.1. The maximum Gasteiger partial charge on any atom is 0.318 e. The van der Waals surface area contributed by atoms with Gasteiger partial charge in [-0.2, -0.15) is 0 Å². The average molecular weight is 310 g/mol. The molecule has 0 unspecified atom stereocenters. The average Bonchev–Trinajstić information content (AvgIpc) is 3.17. The molecule has 3 heterocycles. The van der Waals surface area contributed by atoms with Crippen molar-refractivity contribution in [1.29, 1.82) is 0 Å². The minimum atomic E-state index is -0.555. The quantitative estimate of drug-likeness (QED) is 0.934. The van der Waals surface area contributed by atoms with Crippen molar-refractivity contribution in [2.45, 2.75) is 38.0 Å². The lowest BCUT2D eigenvalue weighted by Crippen LogP contribution is -2.54. The van der Waals surface area contributed by atoms with Gasteiger partial charge in [0.15, 0.2) is 5.79 Å². The molecule has 2 amide bonds. The Morgan fingerprint density at radius 2 is 2.33 bits per heavy atom. The molecule has 0 radical (unpaired) electrons. The predicted molar refractivity (Wildman–Crippen MR) is 81.3 cm³/mol. The molecule has 3 rings (SSSR count). The normalized spacial score (nSPS) is 22.4. The van der Waals surface area contributed by atoms with Gasteiger partial charge in [0, 0.05) is 17.8 Å². The smallest absolute Gasteiger partial charge is 0.318 e. The molecular weight excluding hydrogens is 288 g/mol. The second-order valence-corrected chi connectivity index (χ2v) is 6.54. The van der Waals surface area contributed by atoms with Gasteiger partial charge in [0.05, 0.1) is 25.8 Å². The largest absolute Gasteiger partial charge is 0.346 e. The van der Waals surface area contributed by atoms with E-state index >= 15 is 0 Å². The minimum Gasteiger partial charge on any atom is -0.346 e. The van der Waals surface area contributed by atoms with Crippen LogP contribution in [0.5, 0.6) is 0 Å². The van der Waals surface area contributed by atoms with Crippen molar-refractivity contribution in [2.24, 2.45) is 0 Å². The van der Waals surface area contributed by atoms with Gasteiger partial charge in [-0.3, -0.25) is 0 Å². The summed E-state index contributed by atoms with van der Waals surface area (Å²) in [5, 5.41) is 5.17. The van der Waals surface area contributed by atoms with Crippen molar-refractivity contribution in [1.82, 2.24) is 10.2 Å². The van der Waals surface area contributed by atoms with Crippen molar-refractivity contribution in [3.63, 3.8) is 0 Å². The van der Waals surface area contributed by atoms with Crippen molar-refractivity contribution >= 4 is 17.4 Å². The molecule has 5 nitrogen and oxygen atoms in total. The van der Waals surface area contributed by atoms with E-state index in [4.69, 9.17) is 9.47 Å². The third-order valence-electron chi connectivity index (χ3n) is 4.11. The molecule has 2 saturated heterocycles. The van der Waals surface area contributed by atoms with E-state index in [1.807, 2.05) is 16.3 Å². The number of piperidine rings is 1. The van der Waals surface area contributed by atoms with Gasteiger partial charge in [-0.1, -0.05) is 13.0 Å². The Kier molecular flexibility index (Phi) is 4.47. The fourth-order valence-corrected chi connectivity index (χ4v) is 3.86. The Hall–Kier alpha value is -1.11. The van der Waals surface area contributed by atoms with Gasteiger partial charge in [0.1, 0.15) is 0 Å². The maximum absolute atomic E-state index is 12.5. The predicted octanol–water partition coefficient (Wildman–Crippen LogP) is 2.75. The number of hydrogen-bond donors (Lipinski definition) is 1. The molecular formula is C15H22N2O3S. The molecule has 0 aromatic carbocycles. The summed E-state index contributed by atoms with van der Waals surface area (Å²) in [6, 6.07) is 4.15. The fraction of sp³-hybridized carbons (Fsp3) is 0.667. The molecule has 1 spiro atoms. The summed E-state index contributed by atoms with van der Waals surface area (Å²) in [4.78, 5) is 15.5. The number of rotatable bonds is 3. The molecule has 1 atom stereocenters. The van der Waals surface area contributed by atoms with E-state index in [0.717, 1.165) is 25.8 Å². The Morgan fingerprint density at radius 3 is 3.00 bits per heavy atom. The Labute approximate surface area is 129 Å². The monoisotopic (exact) mass is 310 g/mol.